The highest BCUT2D eigenvalue weighted by molar-refractivity contribution is 8.00. The minimum atomic E-state index is -0.744. The monoisotopic (exact) mass is 348 g/mol. The average molecular weight is 349 g/mol. The molecule has 0 fully saturated rings. The molecule has 0 spiro atoms. The van der Waals surface area contributed by atoms with Crippen molar-refractivity contribution in [3.05, 3.63) is 28.2 Å². The molecule has 0 saturated heterocycles. The molecule has 2 atom stereocenters. The van der Waals surface area contributed by atoms with Gasteiger partial charge in [-0.25, -0.2) is 0 Å². The van der Waals surface area contributed by atoms with Gasteiger partial charge in [-0.05, 0) is 45.4 Å². The van der Waals surface area contributed by atoms with Crippen molar-refractivity contribution in [3.63, 3.8) is 0 Å². The maximum atomic E-state index is 11.8. The van der Waals surface area contributed by atoms with E-state index in [1.54, 1.807) is 23.9 Å². The number of rotatable bonds is 7. The fourth-order valence-corrected chi connectivity index (χ4v) is 3.98. The van der Waals surface area contributed by atoms with E-state index in [4.69, 9.17) is 28.9 Å². The van der Waals surface area contributed by atoms with Gasteiger partial charge in [-0.1, -0.05) is 30.1 Å². The predicted molar refractivity (Wildman–Crippen MR) is 92.3 cm³/mol. The molecular weight excluding hydrogens is 327 g/mol. The molecule has 0 saturated carbocycles. The van der Waals surface area contributed by atoms with Crippen molar-refractivity contribution in [1.82, 2.24) is 5.32 Å². The van der Waals surface area contributed by atoms with Crippen molar-refractivity contribution in [1.29, 1.82) is 0 Å². The van der Waals surface area contributed by atoms with Crippen LogP contribution >= 0.6 is 35.0 Å². The summed E-state index contributed by atoms with van der Waals surface area (Å²) in [5.74, 6) is -0.346. The molecule has 1 amide bonds. The first-order valence-electron chi connectivity index (χ1n) is 6.83. The second-order valence-electron chi connectivity index (χ2n) is 5.70. The zero-order valence-corrected chi connectivity index (χ0v) is 15.1. The Hall–Kier alpha value is -0.420. The van der Waals surface area contributed by atoms with Crippen LogP contribution in [-0.4, -0.2) is 22.7 Å². The van der Waals surface area contributed by atoms with Crippen LogP contribution in [0.2, 0.25) is 10.0 Å². The van der Waals surface area contributed by atoms with Crippen LogP contribution in [0.4, 0.5) is 0 Å². The number of carbonyl (C=O) groups excluding carboxylic acids is 1. The molecule has 1 aromatic rings. The molecule has 0 aliphatic heterocycles. The smallest absolute Gasteiger partial charge is 0.237 e. The lowest BCUT2D eigenvalue weighted by Crippen LogP contribution is -2.56. The number of hydrogen-bond acceptors (Lipinski definition) is 3. The first kappa shape index (κ1) is 18.6. The van der Waals surface area contributed by atoms with E-state index in [0.29, 0.717) is 16.5 Å². The number of nitrogens with one attached hydrogen (secondary N) is 1. The van der Waals surface area contributed by atoms with Gasteiger partial charge < -0.3 is 11.1 Å². The third-order valence-electron chi connectivity index (χ3n) is 3.07. The molecule has 0 aromatic heterocycles. The zero-order chi connectivity index (χ0) is 16.2. The standard InChI is InChI=1S/C15H22Cl2N2OS/c1-9(2)19-15(4,14(18)20)8-10(3)21-13-7-11(16)5-6-12(13)17/h5-7,9-10,19H,8H2,1-4H3,(H2,18,20). The number of hydrogen-bond donors (Lipinski definition) is 2. The quantitative estimate of drug-likeness (QED) is 0.729. The summed E-state index contributed by atoms with van der Waals surface area (Å²) in [7, 11) is 0. The van der Waals surface area contributed by atoms with Crippen LogP contribution < -0.4 is 11.1 Å². The van der Waals surface area contributed by atoms with E-state index in [9.17, 15) is 4.79 Å². The number of halogens is 2. The van der Waals surface area contributed by atoms with Crippen molar-refractivity contribution in [2.75, 3.05) is 0 Å². The second-order valence-corrected chi connectivity index (χ2v) is 8.03. The Kier molecular flexibility index (Phi) is 6.85. The molecule has 3 N–H and O–H groups in total. The summed E-state index contributed by atoms with van der Waals surface area (Å²) in [6, 6.07) is 5.54. The van der Waals surface area contributed by atoms with Crippen molar-refractivity contribution >= 4 is 40.9 Å². The van der Waals surface area contributed by atoms with Crippen LogP contribution in [0.5, 0.6) is 0 Å². The Labute approximate surface area is 140 Å². The molecule has 118 valence electrons. The van der Waals surface area contributed by atoms with Gasteiger partial charge in [0, 0.05) is 21.2 Å². The number of thioether (sulfide) groups is 1. The maximum Gasteiger partial charge on any atom is 0.237 e. The molecule has 6 heteroatoms. The maximum absolute atomic E-state index is 11.8. The minimum Gasteiger partial charge on any atom is -0.368 e. The summed E-state index contributed by atoms with van der Waals surface area (Å²) in [5.41, 5.74) is 4.81. The van der Waals surface area contributed by atoms with Gasteiger partial charge in [0.05, 0.1) is 10.6 Å². The highest BCUT2D eigenvalue weighted by atomic mass is 35.5. The topological polar surface area (TPSA) is 55.1 Å². The Morgan fingerprint density at radius 2 is 2.00 bits per heavy atom. The first-order valence-corrected chi connectivity index (χ1v) is 8.47. The van der Waals surface area contributed by atoms with E-state index in [-0.39, 0.29) is 17.2 Å². The summed E-state index contributed by atoms with van der Waals surface area (Å²) in [5, 5.41) is 4.71. The third-order valence-corrected chi connectivity index (χ3v) is 4.91. The SMILES string of the molecule is CC(C)NC(C)(CC(C)Sc1cc(Cl)ccc1Cl)C(N)=O. The molecular formula is C15H22Cl2N2OS. The molecule has 3 nitrogen and oxygen atoms in total. The average Bonchev–Trinajstić information content (AvgIpc) is 2.32. The van der Waals surface area contributed by atoms with E-state index >= 15 is 0 Å². The van der Waals surface area contributed by atoms with Crippen molar-refractivity contribution < 1.29 is 4.79 Å². The van der Waals surface area contributed by atoms with Crippen LogP contribution in [0.25, 0.3) is 0 Å². The van der Waals surface area contributed by atoms with Crippen molar-refractivity contribution in [2.24, 2.45) is 5.73 Å². The molecule has 0 bridgehead atoms. The van der Waals surface area contributed by atoms with Crippen LogP contribution in [0, 0.1) is 0 Å². The number of benzene rings is 1. The second kappa shape index (κ2) is 7.73. The highest BCUT2D eigenvalue weighted by Crippen LogP contribution is 2.35. The molecule has 1 rings (SSSR count). The van der Waals surface area contributed by atoms with Gasteiger partial charge in [0.15, 0.2) is 0 Å². The van der Waals surface area contributed by atoms with Gasteiger partial charge in [-0.3, -0.25) is 4.79 Å². The Morgan fingerprint density at radius 1 is 1.38 bits per heavy atom. The van der Waals surface area contributed by atoms with Gasteiger partial charge in [-0.15, -0.1) is 11.8 Å². The first-order chi connectivity index (χ1) is 9.64. The van der Waals surface area contributed by atoms with E-state index in [1.807, 2.05) is 33.8 Å². The number of nitrogens with two attached hydrogens (primary N) is 1. The summed E-state index contributed by atoms with van der Waals surface area (Å²) in [4.78, 5) is 12.7. The van der Waals surface area contributed by atoms with Gasteiger partial charge in [0.2, 0.25) is 5.91 Å². The van der Waals surface area contributed by atoms with Crippen molar-refractivity contribution in [3.8, 4) is 0 Å². The molecule has 1 aromatic carbocycles. The molecule has 0 aliphatic rings. The summed E-state index contributed by atoms with van der Waals surface area (Å²) in [6.45, 7) is 7.87. The number of amides is 1. The lowest BCUT2D eigenvalue weighted by atomic mass is 9.94. The van der Waals surface area contributed by atoms with Gasteiger partial charge in [0.1, 0.15) is 0 Å². The molecule has 0 radical (unpaired) electrons. The minimum absolute atomic E-state index is 0.157. The number of carbonyl (C=O) groups is 1. The van der Waals surface area contributed by atoms with Crippen LogP contribution in [0.1, 0.15) is 34.1 Å². The molecule has 21 heavy (non-hydrogen) atoms. The highest BCUT2D eigenvalue weighted by Gasteiger charge is 2.33. The van der Waals surface area contributed by atoms with E-state index in [1.165, 1.54) is 0 Å². The third kappa shape index (κ3) is 5.70. The summed E-state index contributed by atoms with van der Waals surface area (Å²) >= 11 is 13.8. The van der Waals surface area contributed by atoms with Crippen LogP contribution in [0.15, 0.2) is 23.1 Å². The van der Waals surface area contributed by atoms with E-state index in [0.717, 1.165) is 4.90 Å². The van der Waals surface area contributed by atoms with Gasteiger partial charge in [0.25, 0.3) is 0 Å². The van der Waals surface area contributed by atoms with Crippen LogP contribution in [0.3, 0.4) is 0 Å². The predicted octanol–water partition coefficient (Wildman–Crippen LogP) is 4.11. The van der Waals surface area contributed by atoms with Crippen molar-refractivity contribution in [2.45, 2.75) is 55.8 Å². The Balaban J connectivity index is 2.81. The van der Waals surface area contributed by atoms with E-state index < -0.39 is 5.54 Å². The lowest BCUT2D eigenvalue weighted by Gasteiger charge is -2.32. The summed E-state index contributed by atoms with van der Waals surface area (Å²) in [6.07, 6.45) is 0.605. The summed E-state index contributed by atoms with van der Waals surface area (Å²) < 4.78 is 0. The fourth-order valence-electron chi connectivity index (χ4n) is 2.27. The number of primary amides is 1. The Morgan fingerprint density at radius 3 is 2.52 bits per heavy atom. The normalized spacial score (nSPS) is 15.8. The lowest BCUT2D eigenvalue weighted by molar-refractivity contribution is -0.124. The van der Waals surface area contributed by atoms with E-state index in [2.05, 4.69) is 5.32 Å². The molecule has 0 aliphatic carbocycles. The molecule has 2 unspecified atom stereocenters. The largest absolute Gasteiger partial charge is 0.368 e. The fraction of sp³-hybridized carbons (Fsp3) is 0.533. The zero-order valence-electron chi connectivity index (χ0n) is 12.7. The molecule has 0 heterocycles. The van der Waals surface area contributed by atoms with Crippen LogP contribution in [-0.2, 0) is 4.79 Å². The van der Waals surface area contributed by atoms with Gasteiger partial charge in [-0.2, -0.15) is 0 Å². The van der Waals surface area contributed by atoms with Gasteiger partial charge >= 0.3 is 0 Å². The Bertz CT molecular complexity index is 510.